The Morgan fingerprint density at radius 2 is 1.76 bits per heavy atom. The molecule has 3 aromatic carbocycles. The van der Waals surface area contributed by atoms with E-state index in [-0.39, 0.29) is 23.7 Å². The number of hydrogen-bond acceptors (Lipinski definition) is 6. The molecule has 0 amide bonds. The Morgan fingerprint density at radius 3 is 2.41 bits per heavy atom. The minimum atomic E-state index is -4.25. The number of fused-ring (bicyclic) bond motifs is 1. The van der Waals surface area contributed by atoms with Gasteiger partial charge in [-0.2, -0.15) is 8.61 Å². The lowest BCUT2D eigenvalue weighted by Gasteiger charge is -2.37. The zero-order valence-corrected chi connectivity index (χ0v) is 24.3. The van der Waals surface area contributed by atoms with Crippen LogP contribution in [-0.4, -0.2) is 69.4 Å². The third-order valence-electron chi connectivity index (χ3n) is 6.80. The van der Waals surface area contributed by atoms with Crippen LogP contribution in [0.5, 0.6) is 5.75 Å². The SMILES string of the molecule is C[C@@H]1CN([C@@H](C)CO)S(=O)(=O)c2ccc(C#Cc3cccc(F)c3)cc2O[C@H]1CN(C)S(=O)(=O)c1ccccc1F. The van der Waals surface area contributed by atoms with E-state index >= 15 is 0 Å². The molecule has 1 aliphatic rings. The van der Waals surface area contributed by atoms with Gasteiger partial charge in [-0.1, -0.05) is 37.0 Å². The van der Waals surface area contributed by atoms with Gasteiger partial charge in [-0.15, -0.1) is 0 Å². The van der Waals surface area contributed by atoms with E-state index in [1.807, 2.05) is 0 Å². The molecule has 0 aliphatic carbocycles. The Balaban J connectivity index is 1.76. The number of aliphatic hydroxyl groups is 1. The van der Waals surface area contributed by atoms with Crippen molar-refractivity contribution in [2.45, 2.75) is 35.8 Å². The maximum absolute atomic E-state index is 14.4. The summed E-state index contributed by atoms with van der Waals surface area (Å²) < 4.78 is 90.0. The number of halogens is 2. The Morgan fingerprint density at radius 1 is 1.07 bits per heavy atom. The first-order valence-electron chi connectivity index (χ1n) is 12.8. The monoisotopic (exact) mass is 604 g/mol. The van der Waals surface area contributed by atoms with Crippen molar-refractivity contribution in [1.82, 2.24) is 8.61 Å². The van der Waals surface area contributed by atoms with Gasteiger partial charge in [-0.3, -0.25) is 0 Å². The topological polar surface area (TPSA) is 104 Å². The zero-order valence-electron chi connectivity index (χ0n) is 22.7. The normalized spacial score (nSPS) is 19.7. The highest BCUT2D eigenvalue weighted by Crippen LogP contribution is 2.34. The molecule has 3 aromatic rings. The van der Waals surface area contributed by atoms with Crippen LogP contribution in [0.3, 0.4) is 0 Å². The molecule has 0 spiro atoms. The predicted molar refractivity (Wildman–Crippen MR) is 149 cm³/mol. The summed E-state index contributed by atoms with van der Waals surface area (Å²) in [4.78, 5) is -0.667. The number of nitrogens with zero attached hydrogens (tertiary/aromatic N) is 2. The maximum Gasteiger partial charge on any atom is 0.247 e. The highest BCUT2D eigenvalue weighted by Gasteiger charge is 2.39. The van der Waals surface area contributed by atoms with Crippen LogP contribution in [0.15, 0.2) is 76.5 Å². The molecular weight excluding hydrogens is 574 g/mol. The van der Waals surface area contributed by atoms with Gasteiger partial charge < -0.3 is 9.84 Å². The second kappa shape index (κ2) is 12.3. The van der Waals surface area contributed by atoms with Gasteiger partial charge >= 0.3 is 0 Å². The van der Waals surface area contributed by atoms with E-state index in [2.05, 4.69) is 11.8 Å². The second-order valence-electron chi connectivity index (χ2n) is 9.88. The summed E-state index contributed by atoms with van der Waals surface area (Å²) in [5, 5.41) is 9.82. The van der Waals surface area contributed by atoms with Crippen LogP contribution < -0.4 is 4.74 Å². The Kier molecular flexibility index (Phi) is 9.16. The lowest BCUT2D eigenvalue weighted by atomic mass is 10.0. The summed E-state index contributed by atoms with van der Waals surface area (Å²) in [6, 6.07) is 14.2. The quantitative estimate of drug-likeness (QED) is 0.433. The maximum atomic E-state index is 14.4. The van der Waals surface area contributed by atoms with E-state index in [1.165, 1.54) is 61.6 Å². The van der Waals surface area contributed by atoms with Crippen molar-refractivity contribution >= 4 is 20.0 Å². The molecule has 0 bridgehead atoms. The first-order valence-corrected chi connectivity index (χ1v) is 15.6. The van der Waals surface area contributed by atoms with Crippen LogP contribution in [0, 0.1) is 29.4 Å². The standard InChI is InChI=1S/C29H30F2N2O6S2/c1-20-17-33(21(2)19-34)41(37,38)29-14-13-23(12-11-22-7-6-8-24(30)15-22)16-26(29)39-27(20)18-32(3)40(35,36)28-10-5-4-9-25(28)31/h4-10,13-16,20-21,27,34H,17-19H2,1-3H3/t20-,21+,27+/m1/s1. The third kappa shape index (κ3) is 6.60. The molecule has 0 radical (unpaired) electrons. The van der Waals surface area contributed by atoms with Crippen LogP contribution in [0.1, 0.15) is 25.0 Å². The van der Waals surface area contributed by atoms with Crippen LogP contribution in [0.2, 0.25) is 0 Å². The molecule has 218 valence electrons. The van der Waals surface area contributed by atoms with Crippen LogP contribution in [0.4, 0.5) is 8.78 Å². The summed E-state index contributed by atoms with van der Waals surface area (Å²) in [6.07, 6.45) is -0.865. The van der Waals surface area contributed by atoms with E-state index in [9.17, 15) is 30.7 Å². The average Bonchev–Trinajstić information content (AvgIpc) is 2.93. The van der Waals surface area contributed by atoms with Gasteiger partial charge in [-0.25, -0.2) is 25.6 Å². The van der Waals surface area contributed by atoms with E-state index in [1.54, 1.807) is 19.9 Å². The summed E-state index contributed by atoms with van der Waals surface area (Å²) in [6.45, 7) is 2.54. The number of likely N-dealkylation sites (N-methyl/N-ethyl adjacent to an activating group) is 1. The molecule has 1 heterocycles. The minimum absolute atomic E-state index is 0.0561. The molecular formula is C29H30F2N2O6S2. The fourth-order valence-corrected chi connectivity index (χ4v) is 7.47. The van der Waals surface area contributed by atoms with Crippen molar-refractivity contribution in [1.29, 1.82) is 0 Å². The second-order valence-corrected chi connectivity index (χ2v) is 13.8. The van der Waals surface area contributed by atoms with Crippen molar-refractivity contribution in [2.75, 3.05) is 26.7 Å². The first kappa shape index (κ1) is 30.6. The number of ether oxygens (including phenoxy) is 1. The highest BCUT2D eigenvalue weighted by molar-refractivity contribution is 7.89. The Labute approximate surface area is 239 Å². The number of rotatable bonds is 6. The summed E-state index contributed by atoms with van der Waals surface area (Å²) >= 11 is 0. The number of benzene rings is 3. The van der Waals surface area contributed by atoms with Crippen LogP contribution in [-0.2, 0) is 20.0 Å². The minimum Gasteiger partial charge on any atom is -0.487 e. The molecule has 0 saturated heterocycles. The molecule has 0 unspecified atom stereocenters. The number of hydrogen-bond donors (Lipinski definition) is 1. The summed E-state index contributed by atoms with van der Waals surface area (Å²) in [7, 11) is -7.09. The van der Waals surface area contributed by atoms with Crippen molar-refractivity contribution in [3.63, 3.8) is 0 Å². The molecule has 3 atom stereocenters. The van der Waals surface area contributed by atoms with Gasteiger partial charge in [0.15, 0.2) is 0 Å². The van der Waals surface area contributed by atoms with Gasteiger partial charge in [0.2, 0.25) is 20.0 Å². The summed E-state index contributed by atoms with van der Waals surface area (Å²) in [5.74, 6) is 3.75. The molecule has 12 heteroatoms. The van der Waals surface area contributed by atoms with E-state index in [4.69, 9.17) is 4.74 Å². The van der Waals surface area contributed by atoms with Gasteiger partial charge in [0.05, 0.1) is 13.2 Å². The van der Waals surface area contributed by atoms with Crippen molar-refractivity contribution in [3.8, 4) is 17.6 Å². The van der Waals surface area contributed by atoms with Crippen molar-refractivity contribution in [2.24, 2.45) is 5.92 Å². The molecule has 0 aromatic heterocycles. The fraction of sp³-hybridized carbons (Fsp3) is 0.310. The van der Waals surface area contributed by atoms with Gasteiger partial charge in [0, 0.05) is 36.7 Å². The first-order chi connectivity index (χ1) is 19.3. The zero-order chi connectivity index (χ0) is 29.9. The predicted octanol–water partition coefficient (Wildman–Crippen LogP) is 3.45. The van der Waals surface area contributed by atoms with Gasteiger partial charge in [0.1, 0.15) is 33.3 Å². The summed E-state index contributed by atoms with van der Waals surface area (Å²) in [5.41, 5.74) is 0.795. The van der Waals surface area contributed by atoms with E-state index < -0.39 is 61.2 Å². The lowest BCUT2D eigenvalue weighted by molar-refractivity contribution is 0.0904. The highest BCUT2D eigenvalue weighted by atomic mass is 32.2. The molecule has 8 nitrogen and oxygen atoms in total. The molecule has 1 N–H and O–H groups in total. The van der Waals surface area contributed by atoms with Gasteiger partial charge in [0.25, 0.3) is 0 Å². The Hall–Kier alpha value is -3.34. The molecule has 0 saturated carbocycles. The van der Waals surface area contributed by atoms with Crippen molar-refractivity contribution in [3.05, 3.63) is 89.5 Å². The van der Waals surface area contributed by atoms with E-state index in [0.29, 0.717) is 11.1 Å². The molecule has 0 fully saturated rings. The van der Waals surface area contributed by atoms with Crippen LogP contribution >= 0.6 is 0 Å². The molecule has 1 aliphatic heterocycles. The van der Waals surface area contributed by atoms with Crippen molar-refractivity contribution < 1.29 is 35.5 Å². The van der Waals surface area contributed by atoms with Gasteiger partial charge in [-0.05, 0) is 55.5 Å². The largest absolute Gasteiger partial charge is 0.487 e. The number of aliphatic hydroxyl groups excluding tert-OH is 1. The number of sulfonamides is 2. The third-order valence-corrected chi connectivity index (χ3v) is 10.7. The Bertz CT molecular complexity index is 1700. The average molecular weight is 605 g/mol. The van der Waals surface area contributed by atoms with Crippen LogP contribution in [0.25, 0.3) is 0 Å². The molecule has 41 heavy (non-hydrogen) atoms. The van der Waals surface area contributed by atoms with E-state index in [0.717, 1.165) is 14.7 Å². The lowest BCUT2D eigenvalue weighted by Crippen LogP contribution is -2.50. The smallest absolute Gasteiger partial charge is 0.247 e. The fourth-order valence-electron chi connectivity index (χ4n) is 4.41. The molecule has 4 rings (SSSR count).